The van der Waals surface area contributed by atoms with E-state index in [0.29, 0.717) is 19.4 Å². The van der Waals surface area contributed by atoms with E-state index in [9.17, 15) is 4.57 Å². The molecular formula is C26H55O3P. The van der Waals surface area contributed by atoms with Crippen LogP contribution in [0.1, 0.15) is 149 Å². The van der Waals surface area contributed by atoms with Gasteiger partial charge in [0, 0.05) is 0 Å². The highest BCUT2D eigenvalue weighted by Gasteiger charge is 2.23. The predicted molar refractivity (Wildman–Crippen MR) is 134 cm³/mol. The van der Waals surface area contributed by atoms with Crippen LogP contribution in [0.2, 0.25) is 0 Å². The monoisotopic (exact) mass is 446 g/mol. The number of unbranched alkanes of at least 4 members (excludes halogenated alkanes) is 17. The molecule has 0 aromatic carbocycles. The molecule has 182 valence electrons. The molecule has 0 aromatic heterocycles. The van der Waals surface area contributed by atoms with Gasteiger partial charge in [-0.15, -0.1) is 0 Å². The third kappa shape index (κ3) is 21.4. The Morgan fingerprint density at radius 2 is 0.733 bits per heavy atom. The molecule has 0 saturated carbocycles. The Hall–Kier alpha value is 0.150. The Bertz CT molecular complexity index is 359. The van der Waals surface area contributed by atoms with E-state index >= 15 is 0 Å². The van der Waals surface area contributed by atoms with Crippen LogP contribution in [-0.4, -0.2) is 19.4 Å². The molecule has 0 rings (SSSR count). The lowest BCUT2D eigenvalue weighted by Gasteiger charge is -2.18. The molecule has 30 heavy (non-hydrogen) atoms. The summed E-state index contributed by atoms with van der Waals surface area (Å²) in [5.41, 5.74) is 0. The highest BCUT2D eigenvalue weighted by molar-refractivity contribution is 7.53. The first kappa shape index (κ1) is 30.1. The van der Waals surface area contributed by atoms with Crippen molar-refractivity contribution in [2.45, 2.75) is 149 Å². The highest BCUT2D eigenvalue weighted by atomic mass is 31.2. The molecule has 0 radical (unpaired) electrons. The van der Waals surface area contributed by atoms with Crippen molar-refractivity contribution in [3.05, 3.63) is 0 Å². The van der Waals surface area contributed by atoms with Crippen LogP contribution in [0.5, 0.6) is 0 Å². The average Bonchev–Trinajstić information content (AvgIpc) is 2.74. The zero-order valence-electron chi connectivity index (χ0n) is 20.9. The summed E-state index contributed by atoms with van der Waals surface area (Å²) in [6.45, 7) is 7.68. The van der Waals surface area contributed by atoms with Crippen molar-refractivity contribution in [3.63, 3.8) is 0 Å². The minimum absolute atomic E-state index is 0.568. The van der Waals surface area contributed by atoms with Gasteiger partial charge in [0.1, 0.15) is 0 Å². The quantitative estimate of drug-likeness (QED) is 0.103. The first-order valence-corrected chi connectivity index (χ1v) is 15.3. The second kappa shape index (κ2) is 23.8. The summed E-state index contributed by atoms with van der Waals surface area (Å²) in [7, 11) is -2.87. The summed E-state index contributed by atoms with van der Waals surface area (Å²) >= 11 is 0. The summed E-state index contributed by atoms with van der Waals surface area (Å²) in [4.78, 5) is 0. The van der Waals surface area contributed by atoms with Crippen molar-refractivity contribution in [2.75, 3.05) is 19.4 Å². The number of hydrogen-bond acceptors (Lipinski definition) is 3. The van der Waals surface area contributed by atoms with Crippen molar-refractivity contribution >= 4 is 7.60 Å². The Balaban J connectivity index is 3.52. The van der Waals surface area contributed by atoms with Gasteiger partial charge >= 0.3 is 7.60 Å². The Morgan fingerprint density at radius 3 is 1.07 bits per heavy atom. The molecule has 0 atom stereocenters. The molecule has 4 heteroatoms. The Kier molecular flexibility index (Phi) is 23.9. The second-order valence-corrected chi connectivity index (χ2v) is 11.2. The standard InChI is InChI=1S/C26H55O3P/c1-4-7-10-11-12-13-14-15-16-17-18-19-20-21-22-23-26-30(27,28-24-8-5-2)29-25-9-6-3/h4-26H2,1-3H3. The van der Waals surface area contributed by atoms with Gasteiger partial charge in [-0.05, 0) is 19.3 Å². The fraction of sp³-hybridized carbons (Fsp3) is 1.00. The smallest absolute Gasteiger partial charge is 0.309 e. The van der Waals surface area contributed by atoms with E-state index in [4.69, 9.17) is 9.05 Å². The van der Waals surface area contributed by atoms with Gasteiger partial charge in [-0.1, -0.05) is 130 Å². The first-order valence-electron chi connectivity index (χ1n) is 13.6. The van der Waals surface area contributed by atoms with Gasteiger partial charge in [-0.3, -0.25) is 4.57 Å². The molecule has 0 amide bonds. The van der Waals surface area contributed by atoms with Gasteiger partial charge in [0.05, 0.1) is 19.4 Å². The molecule has 0 aliphatic heterocycles. The second-order valence-electron chi connectivity index (χ2n) is 9.01. The first-order chi connectivity index (χ1) is 14.7. The fourth-order valence-electron chi connectivity index (χ4n) is 3.72. The van der Waals surface area contributed by atoms with Crippen molar-refractivity contribution in [3.8, 4) is 0 Å². The van der Waals surface area contributed by atoms with Crippen LogP contribution in [0, 0.1) is 0 Å². The molecule has 0 fully saturated rings. The summed E-state index contributed by atoms with van der Waals surface area (Å²) in [6.07, 6.45) is 26.3. The normalized spacial score (nSPS) is 12.0. The lowest BCUT2D eigenvalue weighted by Crippen LogP contribution is -2.03. The van der Waals surface area contributed by atoms with Gasteiger partial charge < -0.3 is 9.05 Å². The van der Waals surface area contributed by atoms with Crippen LogP contribution in [0.4, 0.5) is 0 Å². The maximum atomic E-state index is 12.9. The third-order valence-electron chi connectivity index (χ3n) is 5.86. The average molecular weight is 447 g/mol. The fourth-order valence-corrected chi connectivity index (χ4v) is 5.47. The zero-order chi connectivity index (χ0) is 22.2. The van der Waals surface area contributed by atoms with Crippen LogP contribution in [0.3, 0.4) is 0 Å². The SMILES string of the molecule is CCCCCCCCCCCCCCCCCCP(=O)(OCCCC)OCCCC. The van der Waals surface area contributed by atoms with E-state index in [-0.39, 0.29) is 0 Å². The summed E-state index contributed by atoms with van der Waals surface area (Å²) in [6, 6.07) is 0. The maximum absolute atomic E-state index is 12.9. The lowest BCUT2D eigenvalue weighted by atomic mass is 10.0. The summed E-state index contributed by atoms with van der Waals surface area (Å²) in [5.74, 6) is 0. The molecule has 0 heterocycles. The molecular weight excluding hydrogens is 391 g/mol. The minimum Gasteiger partial charge on any atom is -0.309 e. The Morgan fingerprint density at radius 1 is 0.433 bits per heavy atom. The van der Waals surface area contributed by atoms with Crippen LogP contribution in [-0.2, 0) is 13.6 Å². The van der Waals surface area contributed by atoms with E-state index in [1.54, 1.807) is 0 Å². The van der Waals surface area contributed by atoms with E-state index in [2.05, 4.69) is 20.8 Å². The third-order valence-corrected chi connectivity index (χ3v) is 7.87. The maximum Gasteiger partial charge on any atom is 0.330 e. The van der Waals surface area contributed by atoms with Crippen LogP contribution in [0.15, 0.2) is 0 Å². The van der Waals surface area contributed by atoms with Crippen molar-refractivity contribution in [2.24, 2.45) is 0 Å². The lowest BCUT2D eigenvalue weighted by molar-refractivity contribution is 0.199. The molecule has 0 saturated heterocycles. The van der Waals surface area contributed by atoms with Gasteiger partial charge in [0.15, 0.2) is 0 Å². The van der Waals surface area contributed by atoms with E-state index in [1.807, 2.05) is 0 Å². The van der Waals surface area contributed by atoms with E-state index in [0.717, 1.165) is 38.5 Å². The molecule has 0 bridgehead atoms. The number of rotatable bonds is 25. The Labute approximate surface area is 190 Å². The zero-order valence-corrected chi connectivity index (χ0v) is 21.8. The molecule has 0 N–H and O–H groups in total. The van der Waals surface area contributed by atoms with Crippen molar-refractivity contribution < 1.29 is 13.6 Å². The van der Waals surface area contributed by atoms with Crippen molar-refractivity contribution in [1.29, 1.82) is 0 Å². The van der Waals surface area contributed by atoms with Crippen LogP contribution >= 0.6 is 7.60 Å². The van der Waals surface area contributed by atoms with Crippen LogP contribution in [0.25, 0.3) is 0 Å². The van der Waals surface area contributed by atoms with Gasteiger partial charge in [-0.25, -0.2) is 0 Å². The molecule has 0 unspecified atom stereocenters. The van der Waals surface area contributed by atoms with E-state index < -0.39 is 7.60 Å². The number of hydrogen-bond donors (Lipinski definition) is 0. The molecule has 0 aliphatic rings. The van der Waals surface area contributed by atoms with Crippen molar-refractivity contribution in [1.82, 2.24) is 0 Å². The van der Waals surface area contributed by atoms with E-state index in [1.165, 1.54) is 89.9 Å². The molecule has 0 aromatic rings. The topological polar surface area (TPSA) is 35.5 Å². The van der Waals surface area contributed by atoms with Gasteiger partial charge in [0.2, 0.25) is 0 Å². The molecule has 3 nitrogen and oxygen atoms in total. The van der Waals surface area contributed by atoms with Gasteiger partial charge in [-0.2, -0.15) is 0 Å². The minimum atomic E-state index is -2.87. The predicted octanol–water partition coefficient (Wildman–Crippen LogP) is 10.1. The molecule has 0 spiro atoms. The summed E-state index contributed by atoms with van der Waals surface area (Å²) < 4.78 is 24.2. The van der Waals surface area contributed by atoms with Gasteiger partial charge in [0.25, 0.3) is 0 Å². The molecule has 0 aliphatic carbocycles. The highest BCUT2D eigenvalue weighted by Crippen LogP contribution is 2.49. The summed E-state index contributed by atoms with van der Waals surface area (Å²) in [5, 5.41) is 0. The van der Waals surface area contributed by atoms with Crippen LogP contribution < -0.4 is 0 Å². The largest absolute Gasteiger partial charge is 0.330 e.